The zero-order valence-electron chi connectivity index (χ0n) is 11.4. The summed E-state index contributed by atoms with van der Waals surface area (Å²) in [4.78, 5) is 14.7. The number of benzene rings is 1. The highest BCUT2D eigenvalue weighted by molar-refractivity contribution is 9.10. The number of non-ortho nitro benzene ring substituents is 1. The number of aromatic nitrogens is 2. The molecule has 0 radical (unpaired) electrons. The third-order valence-corrected chi connectivity index (χ3v) is 3.39. The van der Waals surface area contributed by atoms with Gasteiger partial charge in [0.1, 0.15) is 6.73 Å². The summed E-state index contributed by atoms with van der Waals surface area (Å²) in [5.41, 5.74) is 1.07. The Labute approximate surface area is 125 Å². The highest BCUT2D eigenvalue weighted by Gasteiger charge is 2.17. The first-order valence-corrected chi connectivity index (χ1v) is 7.15. The van der Waals surface area contributed by atoms with E-state index < -0.39 is 4.92 Å². The van der Waals surface area contributed by atoms with Gasteiger partial charge in [-0.25, -0.2) is 4.98 Å². The number of ether oxygens (including phenoxy) is 1. The molecule has 1 aromatic carbocycles. The summed E-state index contributed by atoms with van der Waals surface area (Å²) in [7, 11) is 0. The van der Waals surface area contributed by atoms with E-state index in [2.05, 4.69) is 34.8 Å². The summed E-state index contributed by atoms with van der Waals surface area (Å²) in [5, 5.41) is 11.0. The Morgan fingerprint density at radius 2 is 2.25 bits per heavy atom. The minimum atomic E-state index is -0.427. The Morgan fingerprint density at radius 3 is 2.90 bits per heavy atom. The number of nitrogens with zero attached hydrogens (tertiary/aromatic N) is 3. The van der Waals surface area contributed by atoms with E-state index in [0.29, 0.717) is 34.8 Å². The van der Waals surface area contributed by atoms with Crippen molar-refractivity contribution in [1.82, 2.24) is 9.55 Å². The summed E-state index contributed by atoms with van der Waals surface area (Å²) in [6, 6.07) is 3.26. The smallest absolute Gasteiger partial charge is 0.298 e. The number of nitro benzene ring substituents is 1. The minimum absolute atomic E-state index is 0.00435. The van der Waals surface area contributed by atoms with Crippen LogP contribution >= 0.6 is 15.9 Å². The van der Waals surface area contributed by atoms with Crippen LogP contribution in [-0.2, 0) is 11.5 Å². The van der Waals surface area contributed by atoms with Crippen molar-refractivity contribution in [1.29, 1.82) is 0 Å². The summed E-state index contributed by atoms with van der Waals surface area (Å²) < 4.78 is 8.00. The van der Waals surface area contributed by atoms with Gasteiger partial charge in [0.15, 0.2) is 5.52 Å². The van der Waals surface area contributed by atoms with Crippen LogP contribution in [0.3, 0.4) is 0 Å². The molecule has 0 amide bonds. The molecule has 2 aromatic rings. The topological polar surface area (TPSA) is 70.2 Å². The van der Waals surface area contributed by atoms with Crippen LogP contribution in [0.1, 0.15) is 20.3 Å². The third-order valence-electron chi connectivity index (χ3n) is 2.94. The van der Waals surface area contributed by atoms with Crippen LogP contribution in [0.2, 0.25) is 0 Å². The maximum Gasteiger partial charge on any atom is 0.298 e. The number of imidazole rings is 1. The molecule has 0 N–H and O–H groups in total. The first-order chi connectivity index (χ1) is 9.49. The van der Waals surface area contributed by atoms with Gasteiger partial charge in [-0.3, -0.25) is 10.1 Å². The Hall–Kier alpha value is -1.47. The second-order valence-corrected chi connectivity index (χ2v) is 5.90. The van der Waals surface area contributed by atoms with Crippen molar-refractivity contribution in [3.8, 4) is 0 Å². The zero-order chi connectivity index (χ0) is 14.7. The molecule has 0 atom stereocenters. The van der Waals surface area contributed by atoms with E-state index >= 15 is 0 Å². The fourth-order valence-electron chi connectivity index (χ4n) is 1.84. The van der Waals surface area contributed by atoms with E-state index in [-0.39, 0.29) is 5.69 Å². The molecule has 0 aliphatic rings. The lowest BCUT2D eigenvalue weighted by molar-refractivity contribution is -0.383. The van der Waals surface area contributed by atoms with Crippen LogP contribution in [0.5, 0.6) is 0 Å². The van der Waals surface area contributed by atoms with E-state index in [1.807, 2.05) is 0 Å². The molecule has 1 aromatic heterocycles. The Bertz CT molecular complexity index is 625. The Kier molecular flexibility index (Phi) is 4.72. The number of rotatable bonds is 6. The van der Waals surface area contributed by atoms with E-state index in [1.54, 1.807) is 17.0 Å². The number of hydrogen-bond donors (Lipinski definition) is 0. The molecule has 0 fully saturated rings. The van der Waals surface area contributed by atoms with Gasteiger partial charge >= 0.3 is 0 Å². The number of nitro groups is 1. The summed E-state index contributed by atoms with van der Waals surface area (Å²) in [6.45, 7) is 5.27. The molecule has 0 spiro atoms. The Balaban J connectivity index is 2.21. The zero-order valence-corrected chi connectivity index (χ0v) is 13.0. The fourth-order valence-corrected chi connectivity index (χ4v) is 2.27. The third kappa shape index (κ3) is 3.34. The summed E-state index contributed by atoms with van der Waals surface area (Å²) >= 11 is 3.28. The fraction of sp³-hybridized carbons (Fsp3) is 0.462. The van der Waals surface area contributed by atoms with Gasteiger partial charge in [0, 0.05) is 17.1 Å². The van der Waals surface area contributed by atoms with E-state index in [0.717, 1.165) is 6.42 Å². The largest absolute Gasteiger partial charge is 0.361 e. The quantitative estimate of drug-likeness (QED) is 0.456. The monoisotopic (exact) mass is 341 g/mol. The van der Waals surface area contributed by atoms with Gasteiger partial charge in [-0.05, 0) is 18.4 Å². The van der Waals surface area contributed by atoms with Crippen molar-refractivity contribution >= 4 is 32.7 Å². The van der Waals surface area contributed by atoms with Crippen molar-refractivity contribution in [3.63, 3.8) is 0 Å². The van der Waals surface area contributed by atoms with Crippen molar-refractivity contribution in [3.05, 3.63) is 33.0 Å². The minimum Gasteiger partial charge on any atom is -0.361 e. The molecule has 0 bridgehead atoms. The van der Waals surface area contributed by atoms with Crippen molar-refractivity contribution in [2.75, 3.05) is 6.61 Å². The summed E-state index contributed by atoms with van der Waals surface area (Å²) in [6.07, 6.45) is 2.55. The number of hydrogen-bond acceptors (Lipinski definition) is 4. The van der Waals surface area contributed by atoms with Crippen molar-refractivity contribution < 1.29 is 9.66 Å². The van der Waals surface area contributed by atoms with Gasteiger partial charge in [0.05, 0.1) is 16.8 Å². The lowest BCUT2D eigenvalue weighted by Crippen LogP contribution is -2.04. The van der Waals surface area contributed by atoms with E-state index in [4.69, 9.17) is 4.74 Å². The predicted octanol–water partition coefficient (Wildman–Crippen LogP) is 3.73. The molecular weight excluding hydrogens is 326 g/mol. The first-order valence-electron chi connectivity index (χ1n) is 6.35. The molecule has 6 nitrogen and oxygen atoms in total. The molecule has 20 heavy (non-hydrogen) atoms. The second-order valence-electron chi connectivity index (χ2n) is 4.98. The van der Waals surface area contributed by atoms with Crippen LogP contribution in [0, 0.1) is 16.0 Å². The van der Waals surface area contributed by atoms with Crippen LogP contribution in [0.15, 0.2) is 22.9 Å². The lowest BCUT2D eigenvalue weighted by atomic mass is 10.1. The molecule has 0 saturated heterocycles. The Morgan fingerprint density at radius 1 is 1.50 bits per heavy atom. The molecule has 0 aliphatic carbocycles. The highest BCUT2D eigenvalue weighted by atomic mass is 79.9. The van der Waals surface area contributed by atoms with E-state index in [9.17, 15) is 10.1 Å². The van der Waals surface area contributed by atoms with Gasteiger partial charge in [-0.2, -0.15) is 0 Å². The maximum absolute atomic E-state index is 11.0. The molecule has 0 saturated carbocycles. The molecule has 108 valence electrons. The number of halogens is 1. The van der Waals surface area contributed by atoms with Crippen molar-refractivity contribution in [2.24, 2.45) is 5.92 Å². The SMILES string of the molecule is CC(C)CCOCn1cnc2c([N+](=O)[O-])cc(Br)cc21. The van der Waals surface area contributed by atoms with Crippen molar-refractivity contribution in [2.45, 2.75) is 27.0 Å². The standard InChI is InChI=1S/C13H16BrN3O3/c1-9(2)3-4-20-8-16-7-15-13-11(16)5-10(14)6-12(13)17(18)19/h5-7,9H,3-4,8H2,1-2H3. The van der Waals surface area contributed by atoms with Gasteiger partial charge < -0.3 is 9.30 Å². The molecule has 2 rings (SSSR count). The van der Waals surface area contributed by atoms with Crippen LogP contribution < -0.4 is 0 Å². The first kappa shape index (κ1) is 14.9. The van der Waals surface area contributed by atoms with Crippen LogP contribution in [-0.4, -0.2) is 21.1 Å². The summed E-state index contributed by atoms with van der Waals surface area (Å²) in [5.74, 6) is 0.588. The molecule has 0 aliphatic heterocycles. The van der Waals surface area contributed by atoms with Gasteiger partial charge in [0.25, 0.3) is 5.69 Å². The predicted molar refractivity (Wildman–Crippen MR) is 79.5 cm³/mol. The average Bonchev–Trinajstić information content (AvgIpc) is 2.76. The van der Waals surface area contributed by atoms with Gasteiger partial charge in [-0.15, -0.1) is 0 Å². The van der Waals surface area contributed by atoms with Crippen LogP contribution in [0.4, 0.5) is 5.69 Å². The highest BCUT2D eigenvalue weighted by Crippen LogP contribution is 2.28. The lowest BCUT2D eigenvalue weighted by Gasteiger charge is -2.08. The molecule has 1 heterocycles. The number of fused-ring (bicyclic) bond motifs is 1. The maximum atomic E-state index is 11.0. The second kappa shape index (κ2) is 6.32. The normalized spacial score (nSPS) is 11.4. The van der Waals surface area contributed by atoms with Gasteiger partial charge in [-0.1, -0.05) is 29.8 Å². The average molecular weight is 342 g/mol. The molecular formula is C13H16BrN3O3. The van der Waals surface area contributed by atoms with Crippen LogP contribution in [0.25, 0.3) is 11.0 Å². The molecule has 7 heteroatoms. The molecule has 0 unspecified atom stereocenters. The van der Waals surface area contributed by atoms with Gasteiger partial charge in [0.2, 0.25) is 0 Å². The van der Waals surface area contributed by atoms with E-state index in [1.165, 1.54) is 6.07 Å².